The van der Waals surface area contributed by atoms with Gasteiger partial charge in [-0.1, -0.05) is 0 Å². The standard InChI is InChI=1S/C9H17F3N2/c10-9(11,12)6-14-5-7-1-3-8(13)4-2-7/h7-8,14H,1-6,13H2. The molecule has 1 rings (SSSR count). The van der Waals surface area contributed by atoms with Crippen molar-refractivity contribution in [2.75, 3.05) is 13.1 Å². The third kappa shape index (κ3) is 4.81. The lowest BCUT2D eigenvalue weighted by Gasteiger charge is -2.26. The molecule has 14 heavy (non-hydrogen) atoms. The fourth-order valence-electron chi connectivity index (χ4n) is 1.81. The lowest BCUT2D eigenvalue weighted by Crippen LogP contribution is -2.35. The number of rotatable bonds is 3. The van der Waals surface area contributed by atoms with E-state index in [1.807, 2.05) is 0 Å². The normalized spacial score (nSPS) is 29.1. The van der Waals surface area contributed by atoms with Crippen LogP contribution in [0.5, 0.6) is 0 Å². The molecule has 0 heterocycles. The summed E-state index contributed by atoms with van der Waals surface area (Å²) in [6.07, 6.45) is -0.306. The maximum absolute atomic E-state index is 11.8. The first kappa shape index (κ1) is 11.8. The lowest BCUT2D eigenvalue weighted by atomic mass is 9.86. The third-order valence-corrected chi connectivity index (χ3v) is 2.65. The highest BCUT2D eigenvalue weighted by molar-refractivity contribution is 4.75. The Bertz CT molecular complexity index is 162. The Morgan fingerprint density at radius 2 is 1.71 bits per heavy atom. The molecule has 0 atom stereocenters. The van der Waals surface area contributed by atoms with Crippen molar-refractivity contribution in [2.45, 2.75) is 37.9 Å². The fraction of sp³-hybridized carbons (Fsp3) is 1.00. The summed E-state index contributed by atoms with van der Waals surface area (Å²) < 4.78 is 35.4. The third-order valence-electron chi connectivity index (χ3n) is 2.65. The summed E-state index contributed by atoms with van der Waals surface area (Å²) in [5, 5.41) is 2.44. The molecule has 0 aliphatic heterocycles. The number of hydrogen-bond acceptors (Lipinski definition) is 2. The monoisotopic (exact) mass is 210 g/mol. The number of hydrogen-bond donors (Lipinski definition) is 2. The summed E-state index contributed by atoms with van der Waals surface area (Å²) >= 11 is 0. The van der Waals surface area contributed by atoms with Gasteiger partial charge in [-0.3, -0.25) is 0 Å². The Hall–Kier alpha value is -0.290. The second-order valence-electron chi connectivity index (χ2n) is 4.03. The molecule has 0 radical (unpaired) electrons. The first-order chi connectivity index (χ1) is 6.47. The largest absolute Gasteiger partial charge is 0.401 e. The molecule has 0 aromatic rings. The molecule has 0 unspecified atom stereocenters. The van der Waals surface area contributed by atoms with Crippen molar-refractivity contribution >= 4 is 0 Å². The van der Waals surface area contributed by atoms with Crippen LogP contribution >= 0.6 is 0 Å². The van der Waals surface area contributed by atoms with E-state index in [4.69, 9.17) is 5.73 Å². The summed E-state index contributed by atoms with van der Waals surface area (Å²) in [6.45, 7) is -0.415. The van der Waals surface area contributed by atoms with Crippen LogP contribution in [0.25, 0.3) is 0 Å². The maximum atomic E-state index is 11.8. The van der Waals surface area contributed by atoms with Crippen LogP contribution in [-0.2, 0) is 0 Å². The Morgan fingerprint density at radius 1 is 1.14 bits per heavy atom. The Labute approximate surface area is 82.0 Å². The van der Waals surface area contributed by atoms with Gasteiger partial charge in [0.15, 0.2) is 0 Å². The van der Waals surface area contributed by atoms with Crippen LogP contribution in [-0.4, -0.2) is 25.3 Å². The van der Waals surface area contributed by atoms with Crippen LogP contribution in [0, 0.1) is 5.92 Å². The first-order valence-electron chi connectivity index (χ1n) is 5.00. The van der Waals surface area contributed by atoms with Crippen molar-refractivity contribution in [3.63, 3.8) is 0 Å². The van der Waals surface area contributed by atoms with E-state index in [0.717, 1.165) is 25.7 Å². The maximum Gasteiger partial charge on any atom is 0.401 e. The molecule has 5 heteroatoms. The molecule has 0 aromatic carbocycles. The zero-order valence-electron chi connectivity index (χ0n) is 8.11. The van der Waals surface area contributed by atoms with Gasteiger partial charge >= 0.3 is 6.18 Å². The lowest BCUT2D eigenvalue weighted by molar-refractivity contribution is -0.125. The Morgan fingerprint density at radius 3 is 2.21 bits per heavy atom. The van der Waals surface area contributed by atoms with Gasteiger partial charge in [0.25, 0.3) is 0 Å². The number of alkyl halides is 3. The average Bonchev–Trinajstić information content (AvgIpc) is 2.06. The van der Waals surface area contributed by atoms with Gasteiger partial charge in [0.2, 0.25) is 0 Å². The summed E-state index contributed by atoms with van der Waals surface area (Å²) in [5.41, 5.74) is 5.69. The van der Waals surface area contributed by atoms with Crippen LogP contribution in [0.3, 0.4) is 0 Å². The summed E-state index contributed by atoms with van der Waals surface area (Å²) in [5.74, 6) is 0.372. The van der Waals surface area contributed by atoms with Gasteiger partial charge in [0.1, 0.15) is 0 Å². The molecule has 0 aromatic heterocycles. The van der Waals surface area contributed by atoms with Crippen molar-refractivity contribution in [3.8, 4) is 0 Å². The van der Waals surface area contributed by atoms with Gasteiger partial charge in [-0.2, -0.15) is 13.2 Å². The number of nitrogens with two attached hydrogens (primary N) is 1. The minimum atomic E-state index is -4.09. The van der Waals surface area contributed by atoms with Gasteiger partial charge in [0.05, 0.1) is 6.54 Å². The van der Waals surface area contributed by atoms with E-state index in [9.17, 15) is 13.2 Å². The van der Waals surface area contributed by atoms with Crippen molar-refractivity contribution in [2.24, 2.45) is 11.7 Å². The Balaban J connectivity index is 2.08. The molecule has 0 bridgehead atoms. The molecule has 1 saturated carbocycles. The fourth-order valence-corrected chi connectivity index (χ4v) is 1.81. The second kappa shape index (κ2) is 4.98. The molecular formula is C9H17F3N2. The quantitative estimate of drug-likeness (QED) is 0.743. The molecule has 1 fully saturated rings. The van der Waals surface area contributed by atoms with Crippen molar-refractivity contribution in [1.82, 2.24) is 5.32 Å². The molecule has 2 nitrogen and oxygen atoms in total. The highest BCUT2D eigenvalue weighted by atomic mass is 19.4. The minimum Gasteiger partial charge on any atom is -0.328 e. The van der Waals surface area contributed by atoms with Crippen LogP contribution < -0.4 is 11.1 Å². The molecule has 0 saturated heterocycles. The molecule has 1 aliphatic rings. The predicted octanol–water partition coefficient (Wildman–Crippen LogP) is 1.66. The van der Waals surface area contributed by atoms with Gasteiger partial charge in [-0.15, -0.1) is 0 Å². The van der Waals surface area contributed by atoms with Gasteiger partial charge in [-0.25, -0.2) is 0 Å². The minimum absolute atomic E-state index is 0.258. The summed E-state index contributed by atoms with van der Waals surface area (Å²) in [4.78, 5) is 0. The highest BCUT2D eigenvalue weighted by Gasteiger charge is 2.27. The molecule has 84 valence electrons. The van der Waals surface area contributed by atoms with E-state index in [-0.39, 0.29) is 6.04 Å². The summed E-state index contributed by atoms with van der Waals surface area (Å²) in [6, 6.07) is 0.258. The van der Waals surface area contributed by atoms with Crippen molar-refractivity contribution < 1.29 is 13.2 Å². The number of halogens is 3. The summed E-state index contributed by atoms with van der Waals surface area (Å²) in [7, 11) is 0. The predicted molar refractivity (Wildman–Crippen MR) is 48.9 cm³/mol. The zero-order chi connectivity index (χ0) is 10.6. The zero-order valence-corrected chi connectivity index (χ0v) is 8.11. The molecule has 0 spiro atoms. The van der Waals surface area contributed by atoms with Crippen LogP contribution in [0.15, 0.2) is 0 Å². The molecular weight excluding hydrogens is 193 g/mol. The van der Waals surface area contributed by atoms with Crippen molar-refractivity contribution in [1.29, 1.82) is 0 Å². The molecule has 0 amide bonds. The van der Waals surface area contributed by atoms with E-state index in [1.165, 1.54) is 0 Å². The van der Waals surface area contributed by atoms with Crippen LogP contribution in [0.1, 0.15) is 25.7 Å². The van der Waals surface area contributed by atoms with Crippen LogP contribution in [0.2, 0.25) is 0 Å². The average molecular weight is 210 g/mol. The van der Waals surface area contributed by atoms with Gasteiger partial charge in [-0.05, 0) is 38.1 Å². The highest BCUT2D eigenvalue weighted by Crippen LogP contribution is 2.22. The topological polar surface area (TPSA) is 38.0 Å². The Kier molecular flexibility index (Phi) is 4.19. The second-order valence-corrected chi connectivity index (χ2v) is 4.03. The van der Waals surface area contributed by atoms with Gasteiger partial charge < -0.3 is 11.1 Å². The molecule has 1 aliphatic carbocycles. The van der Waals surface area contributed by atoms with Crippen LogP contribution in [0.4, 0.5) is 13.2 Å². The molecule has 3 N–H and O–H groups in total. The SMILES string of the molecule is NC1CCC(CNCC(F)(F)F)CC1. The van der Waals surface area contributed by atoms with Gasteiger partial charge in [0, 0.05) is 6.04 Å². The van der Waals surface area contributed by atoms with E-state index in [2.05, 4.69) is 5.32 Å². The first-order valence-corrected chi connectivity index (χ1v) is 5.00. The number of nitrogens with one attached hydrogen (secondary N) is 1. The smallest absolute Gasteiger partial charge is 0.328 e. The van der Waals surface area contributed by atoms with E-state index in [0.29, 0.717) is 12.5 Å². The van der Waals surface area contributed by atoms with E-state index < -0.39 is 12.7 Å². The van der Waals surface area contributed by atoms with E-state index >= 15 is 0 Å². The van der Waals surface area contributed by atoms with E-state index in [1.54, 1.807) is 0 Å². The van der Waals surface area contributed by atoms with Crippen molar-refractivity contribution in [3.05, 3.63) is 0 Å².